The molecule has 1 aliphatic heterocycles. The molecule has 1 aromatic heterocycles. The van der Waals surface area contributed by atoms with Crippen molar-refractivity contribution in [3.63, 3.8) is 0 Å². The molecule has 1 aliphatic rings. The summed E-state index contributed by atoms with van der Waals surface area (Å²) in [5, 5.41) is 0. The highest BCUT2D eigenvalue weighted by Crippen LogP contribution is 2.34. The molecular weight excluding hydrogens is 556 g/mol. The van der Waals surface area contributed by atoms with Gasteiger partial charge in [-0.25, -0.2) is 19.2 Å². The summed E-state index contributed by atoms with van der Waals surface area (Å²) < 4.78 is 25.5. The molecular formula is C32H28N2O9. The fourth-order valence-electron chi connectivity index (χ4n) is 4.70. The van der Waals surface area contributed by atoms with Gasteiger partial charge in [0.05, 0.1) is 16.7 Å². The van der Waals surface area contributed by atoms with Gasteiger partial charge in [-0.15, -0.1) is 0 Å². The predicted molar refractivity (Wildman–Crippen MR) is 153 cm³/mol. The molecule has 0 bridgehead atoms. The Morgan fingerprint density at radius 2 is 1.19 bits per heavy atom. The Morgan fingerprint density at radius 1 is 0.698 bits per heavy atom. The van der Waals surface area contributed by atoms with Crippen LogP contribution in [0.1, 0.15) is 44.2 Å². The average Bonchev–Trinajstić information content (AvgIpc) is 3.37. The molecule has 0 aliphatic carbocycles. The highest BCUT2D eigenvalue weighted by atomic mass is 16.7. The van der Waals surface area contributed by atoms with Crippen molar-refractivity contribution >= 4 is 17.9 Å². The van der Waals surface area contributed by atoms with Gasteiger partial charge in [-0.2, -0.15) is 0 Å². The Kier molecular flexibility index (Phi) is 8.92. The van der Waals surface area contributed by atoms with E-state index in [9.17, 15) is 24.0 Å². The van der Waals surface area contributed by atoms with E-state index in [1.165, 1.54) is 12.3 Å². The zero-order chi connectivity index (χ0) is 30.3. The van der Waals surface area contributed by atoms with Crippen LogP contribution >= 0.6 is 0 Å². The van der Waals surface area contributed by atoms with Crippen LogP contribution in [0.25, 0.3) is 0 Å². The fraction of sp³-hybridized carbons (Fsp3) is 0.219. The van der Waals surface area contributed by atoms with Gasteiger partial charge in [0.25, 0.3) is 5.56 Å². The lowest BCUT2D eigenvalue weighted by atomic mass is 10.1. The number of carbonyl (C=O) groups is 3. The zero-order valence-corrected chi connectivity index (χ0v) is 23.1. The topological polar surface area (TPSA) is 132 Å². The molecule has 0 N–H and O–H groups in total. The lowest BCUT2D eigenvalue weighted by Gasteiger charge is -2.25. The number of aromatic nitrogens is 2. The summed E-state index contributed by atoms with van der Waals surface area (Å²) in [6, 6.07) is 25.7. The number of hydrogen-bond donors (Lipinski definition) is 0. The molecule has 11 heteroatoms. The van der Waals surface area contributed by atoms with Crippen LogP contribution in [0.2, 0.25) is 0 Å². The molecule has 1 saturated heterocycles. The lowest BCUT2D eigenvalue weighted by molar-refractivity contribution is -0.0644. The second-order valence-electron chi connectivity index (χ2n) is 9.59. The smallest absolute Gasteiger partial charge is 0.338 e. The van der Waals surface area contributed by atoms with Crippen molar-refractivity contribution in [3.8, 4) is 0 Å². The molecule has 3 aromatic carbocycles. The Bertz CT molecular complexity index is 1700. The van der Waals surface area contributed by atoms with E-state index in [-0.39, 0.29) is 23.2 Å². The molecule has 0 spiro atoms. The minimum Gasteiger partial charge on any atom is -0.459 e. The van der Waals surface area contributed by atoms with Gasteiger partial charge >= 0.3 is 23.6 Å². The summed E-state index contributed by atoms with van der Waals surface area (Å²) in [6.45, 7) is 1.30. The number of hydrogen-bond acceptors (Lipinski definition) is 9. The van der Waals surface area contributed by atoms with Crippen molar-refractivity contribution in [1.82, 2.24) is 9.13 Å². The third-order valence-corrected chi connectivity index (χ3v) is 6.86. The Labute approximate surface area is 245 Å². The van der Waals surface area contributed by atoms with Crippen molar-refractivity contribution in [2.75, 3.05) is 6.61 Å². The van der Waals surface area contributed by atoms with Gasteiger partial charge in [0, 0.05) is 18.8 Å². The van der Waals surface area contributed by atoms with Crippen LogP contribution in [-0.2, 0) is 25.5 Å². The molecule has 4 aromatic rings. The minimum absolute atomic E-state index is 0.0736. The summed E-state index contributed by atoms with van der Waals surface area (Å²) in [6.07, 6.45) is -3.97. The molecule has 2 heterocycles. The summed E-state index contributed by atoms with van der Waals surface area (Å²) in [5.41, 5.74) is -0.543. The monoisotopic (exact) mass is 584 g/mol. The Morgan fingerprint density at radius 3 is 1.70 bits per heavy atom. The van der Waals surface area contributed by atoms with Crippen molar-refractivity contribution in [1.29, 1.82) is 0 Å². The Hall–Kier alpha value is -5.29. The van der Waals surface area contributed by atoms with Crippen molar-refractivity contribution in [2.24, 2.45) is 0 Å². The van der Waals surface area contributed by atoms with E-state index < -0.39 is 60.3 Å². The SMILES string of the molecule is CCn1c(=O)ccn([C@@H]2O[C@H](COC(=O)c3ccccc3)[C@@H](OC(=O)c3ccccc3)[C@H]2OC(=O)c2ccccc2)c1=O. The highest BCUT2D eigenvalue weighted by molar-refractivity contribution is 5.91. The highest BCUT2D eigenvalue weighted by Gasteiger charge is 2.51. The van der Waals surface area contributed by atoms with Crippen molar-refractivity contribution < 1.29 is 33.3 Å². The lowest BCUT2D eigenvalue weighted by Crippen LogP contribution is -2.45. The number of carbonyl (C=O) groups excluding carboxylic acids is 3. The maximum atomic E-state index is 13.3. The van der Waals surface area contributed by atoms with Gasteiger partial charge in [-0.1, -0.05) is 54.6 Å². The van der Waals surface area contributed by atoms with Gasteiger partial charge in [0.2, 0.25) is 0 Å². The summed E-state index contributed by atoms with van der Waals surface area (Å²) in [7, 11) is 0. The van der Waals surface area contributed by atoms with Gasteiger partial charge in [0.1, 0.15) is 12.7 Å². The largest absolute Gasteiger partial charge is 0.459 e. The van der Waals surface area contributed by atoms with Crippen LogP contribution in [0, 0.1) is 0 Å². The maximum absolute atomic E-state index is 13.3. The van der Waals surface area contributed by atoms with Crippen LogP contribution in [0.15, 0.2) is 113 Å². The van der Waals surface area contributed by atoms with E-state index in [0.29, 0.717) is 0 Å². The molecule has 220 valence electrons. The molecule has 4 atom stereocenters. The predicted octanol–water partition coefficient (Wildman–Crippen LogP) is 3.24. The number of nitrogens with zero attached hydrogens (tertiary/aromatic N) is 2. The van der Waals surface area contributed by atoms with Gasteiger partial charge in [-0.3, -0.25) is 13.9 Å². The Balaban J connectivity index is 1.53. The van der Waals surface area contributed by atoms with E-state index in [1.54, 1.807) is 97.9 Å². The van der Waals surface area contributed by atoms with E-state index in [1.807, 2.05) is 0 Å². The molecule has 0 amide bonds. The van der Waals surface area contributed by atoms with Crippen LogP contribution in [0.3, 0.4) is 0 Å². The molecule has 0 unspecified atom stereocenters. The molecule has 0 saturated carbocycles. The van der Waals surface area contributed by atoms with Gasteiger partial charge in [-0.05, 0) is 43.3 Å². The average molecular weight is 585 g/mol. The van der Waals surface area contributed by atoms with Crippen LogP contribution < -0.4 is 11.2 Å². The first kappa shape index (κ1) is 29.2. The fourth-order valence-corrected chi connectivity index (χ4v) is 4.70. The van der Waals surface area contributed by atoms with E-state index in [4.69, 9.17) is 18.9 Å². The zero-order valence-electron chi connectivity index (χ0n) is 23.1. The van der Waals surface area contributed by atoms with Crippen molar-refractivity contribution in [3.05, 3.63) is 141 Å². The molecule has 43 heavy (non-hydrogen) atoms. The van der Waals surface area contributed by atoms with Crippen LogP contribution in [0.4, 0.5) is 0 Å². The molecule has 0 radical (unpaired) electrons. The van der Waals surface area contributed by atoms with Gasteiger partial charge in [0.15, 0.2) is 18.4 Å². The number of benzene rings is 3. The number of rotatable bonds is 9. The van der Waals surface area contributed by atoms with Gasteiger partial charge < -0.3 is 18.9 Å². The third kappa shape index (κ3) is 6.47. The normalized spacial score (nSPS) is 19.4. The first-order valence-electron chi connectivity index (χ1n) is 13.6. The molecule has 5 rings (SSSR count). The first-order chi connectivity index (χ1) is 20.9. The summed E-state index contributed by atoms with van der Waals surface area (Å²) in [4.78, 5) is 64.9. The maximum Gasteiger partial charge on any atom is 0.338 e. The number of esters is 3. The third-order valence-electron chi connectivity index (χ3n) is 6.86. The quantitative estimate of drug-likeness (QED) is 0.215. The van der Waals surface area contributed by atoms with Crippen LogP contribution in [-0.4, -0.2) is 52.0 Å². The summed E-state index contributed by atoms with van der Waals surface area (Å²) in [5.74, 6) is -2.17. The second kappa shape index (κ2) is 13.1. The van der Waals surface area contributed by atoms with Crippen molar-refractivity contribution in [2.45, 2.75) is 38.0 Å². The van der Waals surface area contributed by atoms with E-state index >= 15 is 0 Å². The second-order valence-corrected chi connectivity index (χ2v) is 9.59. The number of ether oxygens (including phenoxy) is 4. The minimum atomic E-state index is -1.37. The standard InChI is InChI=1S/C32H28N2O9/c1-2-33-25(35)18-19-34(32(33)39)28-27(43-31(38)23-16-10-5-11-17-23)26(42-30(37)22-14-8-4-9-15-22)24(41-28)20-40-29(36)21-12-6-3-7-13-21/h3-19,24,26-28H,2,20H2,1H3/t24-,26-,27-,28-/m1/s1. The van der Waals surface area contributed by atoms with E-state index in [0.717, 1.165) is 9.13 Å². The van der Waals surface area contributed by atoms with Crippen LogP contribution in [0.5, 0.6) is 0 Å². The van der Waals surface area contributed by atoms with E-state index in [2.05, 4.69) is 0 Å². The first-order valence-corrected chi connectivity index (χ1v) is 13.6. The molecule has 11 nitrogen and oxygen atoms in total. The summed E-state index contributed by atoms with van der Waals surface area (Å²) >= 11 is 0. The molecule has 1 fully saturated rings.